The summed E-state index contributed by atoms with van der Waals surface area (Å²) < 4.78 is 16.6. The standard InChI is InChI=1S/C20H28N2O5/c1-20(2,3)27-19(24)22-11-15-9-16(26-17(15)12-22)10-21-18(23)25-13-14-7-5-4-6-8-14/h4-8,15-17H,9-13H2,1-3H3,(H,21,23)/t15-,16?,17+/m1/s1. The molecule has 0 saturated carbocycles. The molecule has 2 amide bonds. The van der Waals surface area contributed by atoms with Crippen LogP contribution in [0.5, 0.6) is 0 Å². The summed E-state index contributed by atoms with van der Waals surface area (Å²) in [5, 5.41) is 2.76. The zero-order chi connectivity index (χ0) is 19.4. The maximum absolute atomic E-state index is 12.2. The molecule has 148 valence electrons. The second-order valence-electron chi connectivity index (χ2n) is 8.12. The SMILES string of the molecule is CC(C)(C)OC(=O)N1C[C@H]2CC(CNC(=O)OCc3ccccc3)O[C@H]2C1. The summed E-state index contributed by atoms with van der Waals surface area (Å²) in [6.07, 6.45) is 0.0208. The summed E-state index contributed by atoms with van der Waals surface area (Å²) in [6.45, 7) is 7.40. The monoisotopic (exact) mass is 376 g/mol. The number of carbonyl (C=O) groups is 2. The van der Waals surface area contributed by atoms with E-state index in [1.165, 1.54) is 0 Å². The summed E-state index contributed by atoms with van der Waals surface area (Å²) in [7, 11) is 0. The van der Waals surface area contributed by atoms with Crippen LogP contribution in [0.3, 0.4) is 0 Å². The Morgan fingerprint density at radius 1 is 1.22 bits per heavy atom. The smallest absolute Gasteiger partial charge is 0.410 e. The predicted molar refractivity (Wildman–Crippen MR) is 99.2 cm³/mol. The van der Waals surface area contributed by atoms with Gasteiger partial charge in [-0.15, -0.1) is 0 Å². The van der Waals surface area contributed by atoms with Gasteiger partial charge in [0.25, 0.3) is 0 Å². The van der Waals surface area contributed by atoms with Crippen LogP contribution in [0, 0.1) is 5.92 Å². The Labute approximate surface area is 160 Å². The number of rotatable bonds is 4. The minimum atomic E-state index is -0.498. The molecule has 7 nitrogen and oxygen atoms in total. The number of ether oxygens (including phenoxy) is 3. The highest BCUT2D eigenvalue weighted by atomic mass is 16.6. The normalized spacial score (nSPS) is 24.4. The Morgan fingerprint density at radius 3 is 2.63 bits per heavy atom. The number of amides is 2. The van der Waals surface area contributed by atoms with Gasteiger partial charge in [-0.25, -0.2) is 9.59 Å². The number of likely N-dealkylation sites (tertiary alicyclic amines) is 1. The molecule has 3 atom stereocenters. The maximum atomic E-state index is 12.2. The molecule has 0 aromatic heterocycles. The number of carbonyl (C=O) groups excluding carboxylic acids is 2. The van der Waals surface area contributed by atoms with Crippen molar-refractivity contribution in [2.75, 3.05) is 19.6 Å². The molecule has 2 fully saturated rings. The summed E-state index contributed by atoms with van der Waals surface area (Å²) in [4.78, 5) is 25.7. The molecule has 1 unspecified atom stereocenters. The van der Waals surface area contributed by atoms with Gasteiger partial charge in [0.2, 0.25) is 0 Å². The van der Waals surface area contributed by atoms with Crippen molar-refractivity contribution in [3.63, 3.8) is 0 Å². The van der Waals surface area contributed by atoms with Gasteiger partial charge in [0, 0.05) is 19.0 Å². The fourth-order valence-corrected chi connectivity index (χ4v) is 3.44. The van der Waals surface area contributed by atoms with E-state index in [1.807, 2.05) is 51.1 Å². The highest BCUT2D eigenvalue weighted by molar-refractivity contribution is 5.68. The summed E-state index contributed by atoms with van der Waals surface area (Å²) in [5.41, 5.74) is 0.448. The molecule has 0 spiro atoms. The van der Waals surface area contributed by atoms with Crippen molar-refractivity contribution in [3.8, 4) is 0 Å². The number of benzene rings is 1. The zero-order valence-corrected chi connectivity index (χ0v) is 16.1. The van der Waals surface area contributed by atoms with Crippen molar-refractivity contribution in [3.05, 3.63) is 35.9 Å². The minimum absolute atomic E-state index is 0.00431. The average Bonchev–Trinajstić information content (AvgIpc) is 3.16. The van der Waals surface area contributed by atoms with Crippen LogP contribution in [-0.2, 0) is 20.8 Å². The molecule has 2 aliphatic rings. The Kier molecular flexibility index (Phi) is 5.89. The van der Waals surface area contributed by atoms with Gasteiger partial charge in [0.15, 0.2) is 0 Å². The van der Waals surface area contributed by atoms with Crippen LogP contribution in [-0.4, -0.2) is 54.5 Å². The number of hydrogen-bond donors (Lipinski definition) is 1. The van der Waals surface area contributed by atoms with E-state index in [0.29, 0.717) is 19.6 Å². The summed E-state index contributed by atoms with van der Waals surface area (Å²) in [5.74, 6) is 0.282. The topological polar surface area (TPSA) is 77.1 Å². The second kappa shape index (κ2) is 8.17. The second-order valence-corrected chi connectivity index (χ2v) is 8.12. The van der Waals surface area contributed by atoms with Crippen molar-refractivity contribution in [2.45, 2.75) is 51.6 Å². The summed E-state index contributed by atoms with van der Waals surface area (Å²) in [6, 6.07) is 9.54. The minimum Gasteiger partial charge on any atom is -0.445 e. The first-order chi connectivity index (χ1) is 12.8. The third kappa shape index (κ3) is 5.60. The Morgan fingerprint density at radius 2 is 1.96 bits per heavy atom. The van der Waals surface area contributed by atoms with Crippen molar-refractivity contribution in [1.82, 2.24) is 10.2 Å². The molecule has 1 N–H and O–H groups in total. The van der Waals surface area contributed by atoms with Crippen molar-refractivity contribution < 1.29 is 23.8 Å². The first-order valence-electron chi connectivity index (χ1n) is 9.38. The molecule has 2 heterocycles. The molecule has 2 aliphatic heterocycles. The highest BCUT2D eigenvalue weighted by Crippen LogP contribution is 2.33. The van der Waals surface area contributed by atoms with Crippen LogP contribution < -0.4 is 5.32 Å². The van der Waals surface area contributed by atoms with Crippen molar-refractivity contribution in [1.29, 1.82) is 0 Å². The van der Waals surface area contributed by atoms with Gasteiger partial charge >= 0.3 is 12.2 Å². The van der Waals surface area contributed by atoms with Crippen molar-refractivity contribution >= 4 is 12.2 Å². The Hall–Kier alpha value is -2.28. The van der Waals surface area contributed by atoms with E-state index in [4.69, 9.17) is 14.2 Å². The Bertz CT molecular complexity index is 644. The first kappa shape index (κ1) is 19.5. The number of fused-ring (bicyclic) bond motifs is 1. The molecular weight excluding hydrogens is 348 g/mol. The van der Waals surface area contributed by atoms with Crippen LogP contribution in [0.25, 0.3) is 0 Å². The van der Waals surface area contributed by atoms with Gasteiger partial charge in [-0.2, -0.15) is 0 Å². The molecule has 0 aliphatic carbocycles. The third-order valence-electron chi connectivity index (χ3n) is 4.65. The highest BCUT2D eigenvalue weighted by Gasteiger charge is 2.44. The fourth-order valence-electron chi connectivity index (χ4n) is 3.44. The van der Waals surface area contributed by atoms with E-state index >= 15 is 0 Å². The van der Waals surface area contributed by atoms with Crippen LogP contribution in [0.2, 0.25) is 0 Å². The lowest BCUT2D eigenvalue weighted by Gasteiger charge is -2.25. The molecule has 7 heteroatoms. The van der Waals surface area contributed by atoms with E-state index in [9.17, 15) is 9.59 Å². The average molecular weight is 376 g/mol. The lowest BCUT2D eigenvalue weighted by Crippen LogP contribution is -2.38. The molecule has 0 radical (unpaired) electrons. The largest absolute Gasteiger partial charge is 0.445 e. The zero-order valence-electron chi connectivity index (χ0n) is 16.1. The summed E-state index contributed by atoms with van der Waals surface area (Å²) >= 11 is 0. The van der Waals surface area contributed by atoms with Gasteiger partial charge in [-0.3, -0.25) is 0 Å². The van der Waals surface area contributed by atoms with Gasteiger partial charge in [0.05, 0.1) is 18.8 Å². The predicted octanol–water partition coefficient (Wildman–Crippen LogP) is 2.94. The van der Waals surface area contributed by atoms with Gasteiger partial charge in [-0.1, -0.05) is 30.3 Å². The van der Waals surface area contributed by atoms with E-state index in [1.54, 1.807) is 4.90 Å². The van der Waals surface area contributed by atoms with E-state index < -0.39 is 11.7 Å². The lowest BCUT2D eigenvalue weighted by molar-refractivity contribution is 0.0135. The molecule has 2 saturated heterocycles. The molecule has 0 bridgehead atoms. The van der Waals surface area contributed by atoms with E-state index in [-0.39, 0.29) is 30.8 Å². The van der Waals surface area contributed by atoms with Gasteiger partial charge in [0.1, 0.15) is 12.2 Å². The molecule has 27 heavy (non-hydrogen) atoms. The van der Waals surface area contributed by atoms with E-state index in [0.717, 1.165) is 12.0 Å². The number of hydrogen-bond acceptors (Lipinski definition) is 5. The van der Waals surface area contributed by atoms with E-state index in [2.05, 4.69) is 5.32 Å². The van der Waals surface area contributed by atoms with Crippen molar-refractivity contribution in [2.24, 2.45) is 5.92 Å². The lowest BCUT2D eigenvalue weighted by atomic mass is 10.0. The van der Waals surface area contributed by atoms with Crippen LogP contribution in [0.4, 0.5) is 9.59 Å². The number of nitrogens with one attached hydrogen (secondary N) is 1. The molecule has 1 aromatic carbocycles. The van der Waals surface area contributed by atoms with Gasteiger partial charge < -0.3 is 24.4 Å². The third-order valence-corrected chi connectivity index (χ3v) is 4.65. The molecule has 3 rings (SSSR count). The molecule has 1 aromatic rings. The fraction of sp³-hybridized carbons (Fsp3) is 0.600. The van der Waals surface area contributed by atoms with Crippen LogP contribution >= 0.6 is 0 Å². The Balaban J connectivity index is 1.36. The maximum Gasteiger partial charge on any atom is 0.410 e. The van der Waals surface area contributed by atoms with Crippen LogP contribution in [0.15, 0.2) is 30.3 Å². The first-order valence-corrected chi connectivity index (χ1v) is 9.38. The number of alkyl carbamates (subject to hydrolysis) is 1. The van der Waals surface area contributed by atoms with Gasteiger partial charge in [-0.05, 0) is 32.8 Å². The van der Waals surface area contributed by atoms with Crippen LogP contribution in [0.1, 0.15) is 32.8 Å². The molecular formula is C20H28N2O5. The quantitative estimate of drug-likeness (QED) is 0.874. The number of nitrogens with zero attached hydrogens (tertiary/aromatic N) is 1.